The molecule has 4 nitrogen and oxygen atoms in total. The number of benzene rings is 1. The van der Waals surface area contributed by atoms with E-state index in [1.165, 1.54) is 0 Å². The Balaban J connectivity index is 1.82. The number of nitrogens with zero attached hydrogens (tertiary/aromatic N) is 1. The normalized spacial score (nSPS) is 9.88. The first-order valence-corrected chi connectivity index (χ1v) is 5.23. The predicted molar refractivity (Wildman–Crippen MR) is 62.9 cm³/mol. The maximum Gasteiger partial charge on any atom is 0.293 e. The summed E-state index contributed by atoms with van der Waals surface area (Å²) in [6, 6.07) is 14.7. The number of aromatic nitrogens is 1. The Hall–Kier alpha value is -2.20. The minimum atomic E-state index is -0.346. The zero-order valence-corrected chi connectivity index (χ0v) is 9.17. The van der Waals surface area contributed by atoms with Gasteiger partial charge in [-0.3, -0.25) is 14.6 Å². The molecule has 4 heteroatoms. The van der Waals surface area contributed by atoms with Crippen molar-refractivity contribution in [1.82, 2.24) is 10.5 Å². The van der Waals surface area contributed by atoms with Gasteiger partial charge in [-0.15, -0.1) is 0 Å². The number of hydroxylamine groups is 1. The van der Waals surface area contributed by atoms with Crippen molar-refractivity contribution in [3.8, 4) is 0 Å². The zero-order chi connectivity index (χ0) is 11.9. The topological polar surface area (TPSA) is 51.2 Å². The molecule has 1 aromatic carbocycles. The van der Waals surface area contributed by atoms with Crippen LogP contribution in [0.3, 0.4) is 0 Å². The molecule has 0 saturated carbocycles. The molecule has 2 aromatic rings. The van der Waals surface area contributed by atoms with Crippen molar-refractivity contribution in [1.29, 1.82) is 0 Å². The van der Waals surface area contributed by atoms with E-state index in [4.69, 9.17) is 4.84 Å². The summed E-state index contributed by atoms with van der Waals surface area (Å²) in [6.07, 6.45) is 1.56. The second-order valence-electron chi connectivity index (χ2n) is 3.42. The van der Waals surface area contributed by atoms with Crippen molar-refractivity contribution in [3.05, 3.63) is 66.0 Å². The minimum Gasteiger partial charge on any atom is -0.269 e. The van der Waals surface area contributed by atoms with Crippen molar-refractivity contribution >= 4 is 5.91 Å². The van der Waals surface area contributed by atoms with Gasteiger partial charge in [0.25, 0.3) is 5.91 Å². The van der Waals surface area contributed by atoms with Crippen molar-refractivity contribution in [3.63, 3.8) is 0 Å². The molecule has 0 aliphatic heterocycles. The summed E-state index contributed by atoms with van der Waals surface area (Å²) in [5.74, 6) is -0.346. The standard InChI is InChI=1S/C13H12N2O2/c16-13(12-8-4-5-9-14-12)15-17-10-11-6-2-1-3-7-11/h1-9H,10H2,(H,15,16). The van der Waals surface area contributed by atoms with E-state index < -0.39 is 0 Å². The first kappa shape index (κ1) is 11.3. The summed E-state index contributed by atoms with van der Waals surface area (Å²) in [5, 5.41) is 0. The molecule has 0 aliphatic rings. The predicted octanol–water partition coefficient (Wildman–Crippen LogP) is 1.94. The van der Waals surface area contributed by atoms with E-state index in [2.05, 4.69) is 10.5 Å². The fourth-order valence-electron chi connectivity index (χ4n) is 1.31. The average molecular weight is 228 g/mol. The highest BCUT2D eigenvalue weighted by Crippen LogP contribution is 1.99. The van der Waals surface area contributed by atoms with Crippen LogP contribution < -0.4 is 5.48 Å². The number of carbonyl (C=O) groups is 1. The lowest BCUT2D eigenvalue weighted by Crippen LogP contribution is -2.24. The van der Waals surface area contributed by atoms with Gasteiger partial charge < -0.3 is 0 Å². The lowest BCUT2D eigenvalue weighted by molar-refractivity contribution is 0.0229. The van der Waals surface area contributed by atoms with E-state index in [-0.39, 0.29) is 5.91 Å². The van der Waals surface area contributed by atoms with Gasteiger partial charge >= 0.3 is 0 Å². The van der Waals surface area contributed by atoms with Crippen LogP contribution in [0, 0.1) is 0 Å². The molecule has 0 radical (unpaired) electrons. The number of rotatable bonds is 4. The van der Waals surface area contributed by atoms with Crippen LogP contribution in [0.1, 0.15) is 16.1 Å². The molecule has 1 amide bonds. The molecule has 1 heterocycles. The molecule has 0 spiro atoms. The molecule has 86 valence electrons. The summed E-state index contributed by atoms with van der Waals surface area (Å²) in [7, 11) is 0. The second kappa shape index (κ2) is 5.77. The summed E-state index contributed by atoms with van der Waals surface area (Å²) in [5.41, 5.74) is 3.67. The molecule has 0 unspecified atom stereocenters. The first-order valence-electron chi connectivity index (χ1n) is 5.23. The van der Waals surface area contributed by atoms with Gasteiger partial charge in [-0.05, 0) is 17.7 Å². The van der Waals surface area contributed by atoms with E-state index in [9.17, 15) is 4.79 Å². The number of hydrogen-bond acceptors (Lipinski definition) is 3. The third kappa shape index (κ3) is 3.39. The summed E-state index contributed by atoms with van der Waals surface area (Å²) >= 11 is 0. The lowest BCUT2D eigenvalue weighted by Gasteiger charge is -2.05. The van der Waals surface area contributed by atoms with E-state index in [0.29, 0.717) is 12.3 Å². The lowest BCUT2D eigenvalue weighted by atomic mass is 10.2. The van der Waals surface area contributed by atoms with Crippen LogP contribution in [0.5, 0.6) is 0 Å². The Morgan fingerprint density at radius 2 is 1.88 bits per heavy atom. The molecule has 1 N–H and O–H groups in total. The van der Waals surface area contributed by atoms with Gasteiger partial charge in [-0.2, -0.15) is 0 Å². The molecular weight excluding hydrogens is 216 g/mol. The van der Waals surface area contributed by atoms with Crippen LogP contribution in [0.4, 0.5) is 0 Å². The smallest absolute Gasteiger partial charge is 0.269 e. The monoisotopic (exact) mass is 228 g/mol. The third-order valence-electron chi connectivity index (χ3n) is 2.14. The fraction of sp³-hybridized carbons (Fsp3) is 0.0769. The SMILES string of the molecule is O=C(NOCc1ccccc1)c1ccccn1. The van der Waals surface area contributed by atoms with Crippen molar-refractivity contribution < 1.29 is 9.63 Å². The van der Waals surface area contributed by atoms with E-state index in [0.717, 1.165) is 5.56 Å². The van der Waals surface area contributed by atoms with Crippen LogP contribution in [0.25, 0.3) is 0 Å². The highest BCUT2D eigenvalue weighted by atomic mass is 16.6. The number of hydrogen-bond donors (Lipinski definition) is 1. The fourth-order valence-corrected chi connectivity index (χ4v) is 1.31. The Kier molecular flexibility index (Phi) is 3.83. The quantitative estimate of drug-likeness (QED) is 0.814. The Bertz CT molecular complexity index is 471. The maximum absolute atomic E-state index is 11.5. The Labute approximate surface area is 99.2 Å². The van der Waals surface area contributed by atoms with Gasteiger partial charge in [0.1, 0.15) is 5.69 Å². The zero-order valence-electron chi connectivity index (χ0n) is 9.17. The van der Waals surface area contributed by atoms with Crippen LogP contribution in [-0.4, -0.2) is 10.9 Å². The van der Waals surface area contributed by atoms with Gasteiger partial charge in [0.05, 0.1) is 6.61 Å². The molecule has 0 bridgehead atoms. The minimum absolute atomic E-state index is 0.333. The first-order chi connectivity index (χ1) is 8.36. The van der Waals surface area contributed by atoms with Crippen LogP contribution in [-0.2, 0) is 11.4 Å². The van der Waals surface area contributed by atoms with E-state index in [1.54, 1.807) is 24.4 Å². The highest BCUT2D eigenvalue weighted by Gasteiger charge is 2.05. The van der Waals surface area contributed by atoms with Crippen molar-refractivity contribution in [2.75, 3.05) is 0 Å². The number of pyridine rings is 1. The maximum atomic E-state index is 11.5. The van der Waals surface area contributed by atoms with Crippen LogP contribution in [0.2, 0.25) is 0 Å². The Morgan fingerprint density at radius 3 is 2.59 bits per heavy atom. The van der Waals surface area contributed by atoms with Gasteiger partial charge in [0.15, 0.2) is 0 Å². The molecular formula is C13H12N2O2. The molecule has 1 aromatic heterocycles. The van der Waals surface area contributed by atoms with Gasteiger partial charge in [0, 0.05) is 6.20 Å². The van der Waals surface area contributed by atoms with Gasteiger partial charge in [0.2, 0.25) is 0 Å². The van der Waals surface area contributed by atoms with E-state index >= 15 is 0 Å². The average Bonchev–Trinajstić information content (AvgIpc) is 2.41. The molecule has 17 heavy (non-hydrogen) atoms. The number of amides is 1. The molecule has 0 saturated heterocycles. The molecule has 0 fully saturated rings. The molecule has 2 rings (SSSR count). The van der Waals surface area contributed by atoms with Crippen molar-refractivity contribution in [2.45, 2.75) is 6.61 Å². The number of carbonyl (C=O) groups excluding carboxylic acids is 1. The van der Waals surface area contributed by atoms with Crippen LogP contribution in [0.15, 0.2) is 54.7 Å². The molecule has 0 atom stereocenters. The largest absolute Gasteiger partial charge is 0.293 e. The van der Waals surface area contributed by atoms with Crippen LogP contribution >= 0.6 is 0 Å². The summed E-state index contributed by atoms with van der Waals surface area (Å²) in [6.45, 7) is 0.333. The molecule has 0 aliphatic carbocycles. The highest BCUT2D eigenvalue weighted by molar-refractivity contribution is 5.91. The third-order valence-corrected chi connectivity index (χ3v) is 2.14. The summed E-state index contributed by atoms with van der Waals surface area (Å²) < 4.78 is 0. The summed E-state index contributed by atoms with van der Waals surface area (Å²) in [4.78, 5) is 20.5. The van der Waals surface area contributed by atoms with Gasteiger partial charge in [-0.25, -0.2) is 5.48 Å². The van der Waals surface area contributed by atoms with E-state index in [1.807, 2.05) is 30.3 Å². The second-order valence-corrected chi connectivity index (χ2v) is 3.42. The Morgan fingerprint density at radius 1 is 1.12 bits per heavy atom. The van der Waals surface area contributed by atoms with Gasteiger partial charge in [-0.1, -0.05) is 36.4 Å². The van der Waals surface area contributed by atoms with Crippen molar-refractivity contribution in [2.24, 2.45) is 0 Å². The number of nitrogens with one attached hydrogen (secondary N) is 1.